The third kappa shape index (κ3) is 3.89. The van der Waals surface area contributed by atoms with E-state index in [1.807, 2.05) is 6.07 Å². The molecular weight excluding hydrogens is 250 g/mol. The Balaban J connectivity index is 1.79. The summed E-state index contributed by atoms with van der Waals surface area (Å²) in [5, 5.41) is 5.96. The van der Waals surface area contributed by atoms with E-state index < -0.39 is 0 Å². The first-order chi connectivity index (χ1) is 9.70. The van der Waals surface area contributed by atoms with Crippen molar-refractivity contribution in [3.05, 3.63) is 23.8 Å². The maximum absolute atomic E-state index is 11.5. The Kier molecular flexibility index (Phi) is 5.27. The number of anilines is 2. The van der Waals surface area contributed by atoms with E-state index in [1.54, 1.807) is 19.2 Å². The maximum atomic E-state index is 11.5. The number of carbonyl (C=O) groups is 1. The lowest BCUT2D eigenvalue weighted by atomic mass is 10.0. The third-order valence-corrected chi connectivity index (χ3v) is 4.12. The van der Waals surface area contributed by atoms with E-state index in [1.165, 1.54) is 38.5 Å². The van der Waals surface area contributed by atoms with Crippen LogP contribution in [0.1, 0.15) is 48.9 Å². The molecule has 4 heteroatoms. The van der Waals surface area contributed by atoms with E-state index in [2.05, 4.69) is 10.6 Å². The van der Waals surface area contributed by atoms with E-state index in [0.717, 1.165) is 18.2 Å². The Bertz CT molecular complexity index is 453. The van der Waals surface area contributed by atoms with Gasteiger partial charge in [0.05, 0.1) is 11.4 Å². The number of rotatable bonds is 6. The van der Waals surface area contributed by atoms with E-state index in [9.17, 15) is 4.79 Å². The molecule has 110 valence electrons. The van der Waals surface area contributed by atoms with Crippen molar-refractivity contribution in [2.75, 3.05) is 24.6 Å². The van der Waals surface area contributed by atoms with Crippen LogP contribution in [-0.2, 0) is 0 Å². The van der Waals surface area contributed by atoms with Crippen molar-refractivity contribution in [3.8, 4) is 0 Å². The number of hydrogen-bond donors (Lipinski definition) is 3. The van der Waals surface area contributed by atoms with Gasteiger partial charge in [-0.1, -0.05) is 25.7 Å². The van der Waals surface area contributed by atoms with E-state index in [4.69, 9.17) is 5.73 Å². The summed E-state index contributed by atoms with van der Waals surface area (Å²) in [4.78, 5) is 11.5. The van der Waals surface area contributed by atoms with Gasteiger partial charge in [-0.3, -0.25) is 4.79 Å². The molecule has 1 saturated carbocycles. The Morgan fingerprint density at radius 1 is 1.35 bits per heavy atom. The van der Waals surface area contributed by atoms with Gasteiger partial charge >= 0.3 is 0 Å². The Hall–Kier alpha value is -1.71. The molecule has 0 spiro atoms. The largest absolute Gasteiger partial charge is 0.397 e. The first-order valence-electron chi connectivity index (χ1n) is 7.56. The van der Waals surface area contributed by atoms with Crippen molar-refractivity contribution in [1.29, 1.82) is 0 Å². The molecule has 2 rings (SSSR count). The molecule has 1 aromatic carbocycles. The van der Waals surface area contributed by atoms with Gasteiger partial charge in [0.25, 0.3) is 5.91 Å². The van der Waals surface area contributed by atoms with Crippen molar-refractivity contribution in [1.82, 2.24) is 5.32 Å². The lowest BCUT2D eigenvalue weighted by Crippen LogP contribution is -2.18. The van der Waals surface area contributed by atoms with E-state index >= 15 is 0 Å². The first kappa shape index (κ1) is 14.7. The molecule has 0 aliphatic heterocycles. The van der Waals surface area contributed by atoms with Gasteiger partial charge in [0, 0.05) is 19.2 Å². The molecule has 20 heavy (non-hydrogen) atoms. The normalized spacial score (nSPS) is 15.2. The second-order valence-corrected chi connectivity index (χ2v) is 5.60. The molecular formula is C16H25N3O. The fourth-order valence-corrected chi connectivity index (χ4v) is 2.92. The number of hydrogen-bond acceptors (Lipinski definition) is 3. The number of benzene rings is 1. The van der Waals surface area contributed by atoms with Crippen LogP contribution in [0.4, 0.5) is 11.4 Å². The van der Waals surface area contributed by atoms with Crippen LogP contribution in [-0.4, -0.2) is 19.5 Å². The highest BCUT2D eigenvalue weighted by atomic mass is 16.1. The van der Waals surface area contributed by atoms with Crippen LogP contribution in [0, 0.1) is 5.92 Å². The summed E-state index contributed by atoms with van der Waals surface area (Å²) in [5.41, 5.74) is 8.13. The summed E-state index contributed by atoms with van der Waals surface area (Å²) in [6.07, 6.45) is 8.12. The van der Waals surface area contributed by atoms with Crippen LogP contribution in [0.25, 0.3) is 0 Å². The SMILES string of the molecule is CNC(=O)c1ccc(NCCCC2CCCC2)c(N)c1. The highest BCUT2D eigenvalue weighted by Crippen LogP contribution is 2.28. The minimum absolute atomic E-state index is 0.107. The molecule has 4 N–H and O–H groups in total. The summed E-state index contributed by atoms with van der Waals surface area (Å²) < 4.78 is 0. The average molecular weight is 275 g/mol. The highest BCUT2D eigenvalue weighted by Gasteiger charge is 2.14. The predicted octanol–water partition coefficient (Wildman–Crippen LogP) is 3.01. The molecule has 1 amide bonds. The van der Waals surface area contributed by atoms with Gasteiger partial charge in [0.1, 0.15) is 0 Å². The van der Waals surface area contributed by atoms with Gasteiger partial charge in [0.2, 0.25) is 0 Å². The summed E-state index contributed by atoms with van der Waals surface area (Å²) in [6.45, 7) is 0.944. The molecule has 0 atom stereocenters. The Labute approximate surface area is 121 Å². The van der Waals surface area contributed by atoms with Crippen LogP contribution in [0.3, 0.4) is 0 Å². The van der Waals surface area contributed by atoms with Crippen LogP contribution < -0.4 is 16.4 Å². The zero-order chi connectivity index (χ0) is 14.4. The number of nitrogens with one attached hydrogen (secondary N) is 2. The second-order valence-electron chi connectivity index (χ2n) is 5.60. The molecule has 0 radical (unpaired) electrons. The molecule has 1 aliphatic rings. The minimum Gasteiger partial charge on any atom is -0.397 e. The van der Waals surface area contributed by atoms with E-state index in [-0.39, 0.29) is 5.91 Å². The third-order valence-electron chi connectivity index (χ3n) is 4.12. The summed E-state index contributed by atoms with van der Waals surface area (Å²) in [6, 6.07) is 5.40. The lowest BCUT2D eigenvalue weighted by Gasteiger charge is -2.12. The zero-order valence-corrected chi connectivity index (χ0v) is 12.2. The number of nitrogens with two attached hydrogens (primary N) is 1. The van der Waals surface area contributed by atoms with Crippen LogP contribution in [0.5, 0.6) is 0 Å². The van der Waals surface area contributed by atoms with Crippen molar-refractivity contribution in [2.24, 2.45) is 5.92 Å². The van der Waals surface area contributed by atoms with Gasteiger partial charge in [-0.2, -0.15) is 0 Å². The van der Waals surface area contributed by atoms with Gasteiger partial charge in [-0.15, -0.1) is 0 Å². The minimum atomic E-state index is -0.107. The first-order valence-corrected chi connectivity index (χ1v) is 7.56. The molecule has 1 aromatic rings. The Morgan fingerprint density at radius 2 is 2.10 bits per heavy atom. The summed E-state index contributed by atoms with van der Waals surface area (Å²) >= 11 is 0. The van der Waals surface area contributed by atoms with Crippen LogP contribution >= 0.6 is 0 Å². The molecule has 1 aliphatic carbocycles. The number of carbonyl (C=O) groups excluding carboxylic acids is 1. The predicted molar refractivity (Wildman–Crippen MR) is 83.9 cm³/mol. The summed E-state index contributed by atoms with van der Waals surface area (Å²) in [5.74, 6) is 0.828. The maximum Gasteiger partial charge on any atom is 0.251 e. The number of amides is 1. The van der Waals surface area contributed by atoms with Gasteiger partial charge in [-0.05, 0) is 37.0 Å². The molecule has 0 saturated heterocycles. The molecule has 4 nitrogen and oxygen atoms in total. The van der Waals surface area contributed by atoms with Crippen LogP contribution in [0.15, 0.2) is 18.2 Å². The van der Waals surface area contributed by atoms with Gasteiger partial charge < -0.3 is 16.4 Å². The standard InChI is InChI=1S/C16H25N3O/c1-18-16(20)13-8-9-15(14(17)11-13)19-10-4-7-12-5-2-3-6-12/h8-9,11-12,19H,2-7,10,17H2,1H3,(H,18,20). The molecule has 0 aromatic heterocycles. The highest BCUT2D eigenvalue weighted by molar-refractivity contribution is 5.95. The summed E-state index contributed by atoms with van der Waals surface area (Å²) in [7, 11) is 1.62. The molecule has 1 fully saturated rings. The second kappa shape index (κ2) is 7.17. The fourth-order valence-electron chi connectivity index (χ4n) is 2.92. The fraction of sp³-hybridized carbons (Fsp3) is 0.562. The topological polar surface area (TPSA) is 67.2 Å². The van der Waals surface area contributed by atoms with Gasteiger partial charge in [-0.25, -0.2) is 0 Å². The molecule has 0 heterocycles. The van der Waals surface area contributed by atoms with Crippen molar-refractivity contribution in [3.63, 3.8) is 0 Å². The smallest absolute Gasteiger partial charge is 0.251 e. The van der Waals surface area contributed by atoms with Crippen molar-refractivity contribution >= 4 is 17.3 Å². The Morgan fingerprint density at radius 3 is 2.75 bits per heavy atom. The van der Waals surface area contributed by atoms with E-state index in [0.29, 0.717) is 11.3 Å². The monoisotopic (exact) mass is 275 g/mol. The lowest BCUT2D eigenvalue weighted by molar-refractivity contribution is 0.0963. The zero-order valence-electron chi connectivity index (χ0n) is 12.2. The van der Waals surface area contributed by atoms with Gasteiger partial charge in [0.15, 0.2) is 0 Å². The molecule has 0 bridgehead atoms. The quantitative estimate of drug-likeness (QED) is 0.552. The number of nitrogen functional groups attached to an aromatic ring is 1. The van der Waals surface area contributed by atoms with Crippen molar-refractivity contribution < 1.29 is 4.79 Å². The average Bonchev–Trinajstić information content (AvgIpc) is 2.97. The van der Waals surface area contributed by atoms with Crippen LogP contribution in [0.2, 0.25) is 0 Å². The molecule has 0 unspecified atom stereocenters. The van der Waals surface area contributed by atoms with Crippen molar-refractivity contribution in [2.45, 2.75) is 38.5 Å².